The second-order valence-electron chi connectivity index (χ2n) is 7.30. The molecule has 5 N–H and O–H groups in total. The summed E-state index contributed by atoms with van der Waals surface area (Å²) < 4.78 is 19.2. The van der Waals surface area contributed by atoms with Crippen LogP contribution < -0.4 is 21.7 Å². The Labute approximate surface area is 191 Å². The van der Waals surface area contributed by atoms with E-state index in [2.05, 4.69) is 30.9 Å². The molecule has 0 bridgehead atoms. The summed E-state index contributed by atoms with van der Waals surface area (Å²) in [6.07, 6.45) is 3.10. The summed E-state index contributed by atoms with van der Waals surface area (Å²) in [5.74, 6) is -1.17. The van der Waals surface area contributed by atoms with Gasteiger partial charge < -0.3 is 25.5 Å². The Morgan fingerprint density at radius 2 is 1.85 bits per heavy atom. The lowest BCUT2D eigenvalue weighted by Gasteiger charge is -2.10. The molecule has 1 aliphatic carbocycles. The van der Waals surface area contributed by atoms with Gasteiger partial charge in [0, 0.05) is 23.0 Å². The van der Waals surface area contributed by atoms with Gasteiger partial charge in [0.05, 0.1) is 11.7 Å². The first-order chi connectivity index (χ1) is 16.4. The summed E-state index contributed by atoms with van der Waals surface area (Å²) in [4.78, 5) is 42.4. The summed E-state index contributed by atoms with van der Waals surface area (Å²) in [5, 5.41) is 15.7. The van der Waals surface area contributed by atoms with Gasteiger partial charge in [0.25, 0.3) is 12.4 Å². The van der Waals surface area contributed by atoms with Crippen LogP contribution in [0.5, 0.6) is 0 Å². The van der Waals surface area contributed by atoms with Crippen LogP contribution in [-0.4, -0.2) is 38.5 Å². The summed E-state index contributed by atoms with van der Waals surface area (Å²) in [7, 11) is 0. The fraction of sp³-hybridized carbons (Fsp3) is 0.136. The van der Waals surface area contributed by atoms with E-state index in [1.807, 2.05) is 0 Å². The Kier molecular flexibility index (Phi) is 6.48. The number of rotatable bonds is 6. The molecule has 1 aliphatic rings. The number of nitrogens with one attached hydrogen (secondary N) is 4. The molecule has 0 spiro atoms. The van der Waals surface area contributed by atoms with Crippen molar-refractivity contribution in [3.63, 3.8) is 0 Å². The molecule has 174 valence electrons. The Balaban J connectivity index is 0.000000868. The second-order valence-corrected chi connectivity index (χ2v) is 7.30. The highest BCUT2D eigenvalue weighted by Crippen LogP contribution is 2.23. The standard InChI is InChI=1S/C21H17FN6O3.CH2O2/c22-15-10-23-20(26-13-3-1-11(2-4-13)19(29)25-12-5-6-12)28-18(15)24-14-7-8-17-16(9-14)27-21(30)31-17;2-1-3/h1-4,7-10,12H,5-6H2,(H,25,29)(H,27,30)(H2,23,24,26,28);1H,(H,2,3). The number of carbonyl (C=O) groups is 2. The highest BCUT2D eigenvalue weighted by Gasteiger charge is 2.23. The number of anilines is 4. The monoisotopic (exact) mass is 466 g/mol. The zero-order valence-corrected chi connectivity index (χ0v) is 17.5. The van der Waals surface area contributed by atoms with Crippen molar-refractivity contribution in [3.05, 3.63) is 70.6 Å². The quantitative estimate of drug-likeness (QED) is 0.269. The lowest BCUT2D eigenvalue weighted by Crippen LogP contribution is -2.25. The third kappa shape index (κ3) is 5.54. The normalized spacial score (nSPS) is 12.4. The van der Waals surface area contributed by atoms with E-state index >= 15 is 0 Å². The number of H-pyrrole nitrogens is 1. The minimum absolute atomic E-state index is 0.0388. The number of carboxylic acid groups (broad SMARTS) is 1. The number of fused-ring (bicyclic) bond motifs is 1. The van der Waals surface area contributed by atoms with E-state index in [-0.39, 0.29) is 24.1 Å². The van der Waals surface area contributed by atoms with E-state index in [0.29, 0.717) is 34.1 Å². The molecule has 34 heavy (non-hydrogen) atoms. The fourth-order valence-electron chi connectivity index (χ4n) is 3.01. The first kappa shape index (κ1) is 22.5. The molecular formula is C22H19FN6O5. The number of hydrogen-bond acceptors (Lipinski definition) is 8. The Hall–Kier alpha value is -4.74. The van der Waals surface area contributed by atoms with Gasteiger partial charge in [-0.3, -0.25) is 14.6 Å². The smallest absolute Gasteiger partial charge is 0.417 e. The van der Waals surface area contributed by atoms with Crippen molar-refractivity contribution < 1.29 is 23.5 Å². The van der Waals surface area contributed by atoms with E-state index in [1.165, 1.54) is 0 Å². The third-order valence-corrected chi connectivity index (χ3v) is 4.74. The van der Waals surface area contributed by atoms with Gasteiger partial charge in [-0.1, -0.05) is 0 Å². The first-order valence-electron chi connectivity index (χ1n) is 10.1. The number of amides is 1. The maximum absolute atomic E-state index is 14.2. The van der Waals surface area contributed by atoms with Gasteiger partial charge >= 0.3 is 5.76 Å². The molecule has 1 amide bonds. The Bertz CT molecular complexity index is 1380. The largest absolute Gasteiger partial charge is 0.483 e. The van der Waals surface area contributed by atoms with Gasteiger partial charge in [-0.25, -0.2) is 14.2 Å². The molecule has 1 fully saturated rings. The minimum Gasteiger partial charge on any atom is -0.483 e. The third-order valence-electron chi connectivity index (χ3n) is 4.74. The summed E-state index contributed by atoms with van der Waals surface area (Å²) >= 11 is 0. The van der Waals surface area contributed by atoms with Crippen LogP contribution in [0.25, 0.3) is 11.1 Å². The van der Waals surface area contributed by atoms with E-state index in [0.717, 1.165) is 19.0 Å². The van der Waals surface area contributed by atoms with E-state index in [1.54, 1.807) is 42.5 Å². The van der Waals surface area contributed by atoms with E-state index < -0.39 is 11.6 Å². The average molecular weight is 466 g/mol. The lowest BCUT2D eigenvalue weighted by molar-refractivity contribution is -0.122. The first-order valence-corrected chi connectivity index (χ1v) is 10.1. The van der Waals surface area contributed by atoms with Crippen molar-refractivity contribution in [2.75, 3.05) is 10.6 Å². The zero-order chi connectivity index (χ0) is 24.1. The SMILES string of the molecule is O=C(NC1CC1)c1ccc(Nc2ncc(F)c(Nc3ccc4oc(=O)[nH]c4c3)n2)cc1.O=CO. The van der Waals surface area contributed by atoms with E-state index in [4.69, 9.17) is 14.3 Å². The predicted octanol–water partition coefficient (Wildman–Crippen LogP) is 3.13. The molecule has 0 saturated heterocycles. The van der Waals surface area contributed by atoms with Crippen LogP contribution in [0.2, 0.25) is 0 Å². The fourth-order valence-corrected chi connectivity index (χ4v) is 3.01. The van der Waals surface area contributed by atoms with Crippen LogP contribution in [0, 0.1) is 5.82 Å². The van der Waals surface area contributed by atoms with Crippen LogP contribution in [0.1, 0.15) is 23.2 Å². The van der Waals surface area contributed by atoms with Gasteiger partial charge in [0.1, 0.15) is 0 Å². The molecule has 12 heteroatoms. The van der Waals surface area contributed by atoms with Gasteiger partial charge in [-0.05, 0) is 55.3 Å². The Morgan fingerprint density at radius 3 is 2.56 bits per heavy atom. The lowest BCUT2D eigenvalue weighted by atomic mass is 10.2. The molecule has 2 aromatic heterocycles. The van der Waals surface area contributed by atoms with Crippen molar-refractivity contribution in [3.8, 4) is 0 Å². The van der Waals surface area contributed by atoms with Gasteiger partial charge in [-0.15, -0.1) is 0 Å². The number of oxazole rings is 1. The molecule has 2 aromatic carbocycles. The van der Waals surface area contributed by atoms with Crippen molar-refractivity contribution in [1.82, 2.24) is 20.3 Å². The van der Waals surface area contributed by atoms with Gasteiger partial charge in [0.15, 0.2) is 17.2 Å². The molecule has 0 atom stereocenters. The predicted molar refractivity (Wildman–Crippen MR) is 121 cm³/mol. The van der Waals surface area contributed by atoms with Crippen LogP contribution in [0.15, 0.2) is 57.9 Å². The van der Waals surface area contributed by atoms with E-state index in [9.17, 15) is 14.0 Å². The maximum atomic E-state index is 14.2. The number of benzene rings is 2. The van der Waals surface area contributed by atoms with Crippen LogP contribution >= 0.6 is 0 Å². The maximum Gasteiger partial charge on any atom is 0.417 e. The van der Waals surface area contributed by atoms with Crippen LogP contribution in [0.4, 0.5) is 27.5 Å². The van der Waals surface area contributed by atoms with Crippen molar-refractivity contribution in [2.45, 2.75) is 18.9 Å². The number of aromatic nitrogens is 3. The highest BCUT2D eigenvalue weighted by atomic mass is 19.1. The molecule has 0 aliphatic heterocycles. The molecule has 2 heterocycles. The number of halogens is 1. The second kappa shape index (κ2) is 9.81. The van der Waals surface area contributed by atoms with Crippen molar-refractivity contribution in [1.29, 1.82) is 0 Å². The molecule has 4 aromatic rings. The van der Waals surface area contributed by atoms with Crippen LogP contribution in [-0.2, 0) is 4.79 Å². The highest BCUT2D eigenvalue weighted by molar-refractivity contribution is 5.95. The molecule has 5 rings (SSSR count). The molecule has 1 saturated carbocycles. The molecule has 11 nitrogen and oxygen atoms in total. The number of hydrogen-bond donors (Lipinski definition) is 5. The van der Waals surface area contributed by atoms with Gasteiger partial charge in [-0.2, -0.15) is 4.98 Å². The molecule has 0 unspecified atom stereocenters. The van der Waals surface area contributed by atoms with Crippen LogP contribution in [0.3, 0.4) is 0 Å². The topological polar surface area (TPSA) is 162 Å². The molecule has 0 radical (unpaired) electrons. The number of carbonyl (C=O) groups excluding carboxylic acids is 1. The van der Waals surface area contributed by atoms with Gasteiger partial charge in [0.2, 0.25) is 5.95 Å². The molecular weight excluding hydrogens is 447 g/mol. The minimum atomic E-state index is -0.640. The number of nitrogens with zero attached hydrogens (tertiary/aromatic N) is 2. The zero-order valence-electron chi connectivity index (χ0n) is 17.5. The Morgan fingerprint density at radius 1 is 1.15 bits per heavy atom. The summed E-state index contributed by atoms with van der Waals surface area (Å²) in [5.41, 5.74) is 2.61. The summed E-state index contributed by atoms with van der Waals surface area (Å²) in [6, 6.07) is 12.0. The van der Waals surface area contributed by atoms with Crippen molar-refractivity contribution in [2.24, 2.45) is 0 Å². The average Bonchev–Trinajstić information content (AvgIpc) is 3.55. The number of aromatic amines is 1. The summed E-state index contributed by atoms with van der Waals surface area (Å²) in [6.45, 7) is -0.250. The van der Waals surface area contributed by atoms with Crippen molar-refractivity contribution >= 4 is 46.6 Å².